The summed E-state index contributed by atoms with van der Waals surface area (Å²) in [7, 11) is 0. The minimum atomic E-state index is -4.52. The van der Waals surface area contributed by atoms with E-state index in [9.17, 15) is 13.2 Å². The van der Waals surface area contributed by atoms with Crippen molar-refractivity contribution in [3.05, 3.63) is 35.4 Å². The predicted molar refractivity (Wildman–Crippen MR) is 64.1 cm³/mol. The van der Waals surface area contributed by atoms with Crippen LogP contribution >= 0.6 is 0 Å². The number of aliphatic hydroxyl groups is 1. The van der Waals surface area contributed by atoms with Crippen molar-refractivity contribution in [2.24, 2.45) is 0 Å². The Bertz CT molecular complexity index is 478. The van der Waals surface area contributed by atoms with Gasteiger partial charge in [-0.25, -0.2) is 0 Å². The van der Waals surface area contributed by atoms with Crippen molar-refractivity contribution in [3.63, 3.8) is 0 Å². The van der Waals surface area contributed by atoms with Crippen LogP contribution < -0.4 is 5.32 Å². The molecule has 0 radical (unpaired) electrons. The molecule has 0 amide bonds. The van der Waals surface area contributed by atoms with Crippen molar-refractivity contribution >= 4 is 0 Å². The molecule has 19 heavy (non-hydrogen) atoms. The van der Waals surface area contributed by atoms with Gasteiger partial charge in [0, 0.05) is 5.54 Å². The fourth-order valence-electron chi connectivity index (χ4n) is 1.62. The van der Waals surface area contributed by atoms with Gasteiger partial charge in [0.05, 0.1) is 18.2 Å². The number of hydrogen-bond donors (Lipinski definition) is 2. The quantitative estimate of drug-likeness (QED) is 0.886. The van der Waals surface area contributed by atoms with Gasteiger partial charge in [-0.05, 0) is 25.5 Å². The van der Waals surface area contributed by atoms with E-state index in [4.69, 9.17) is 10.4 Å². The third-order valence-electron chi connectivity index (χ3n) is 2.64. The normalized spacial score (nSPS) is 13.9. The first-order valence-corrected chi connectivity index (χ1v) is 5.65. The maximum absolute atomic E-state index is 12.9. The Balaban J connectivity index is 3.17. The second-order valence-corrected chi connectivity index (χ2v) is 4.83. The molecule has 0 aliphatic heterocycles. The summed E-state index contributed by atoms with van der Waals surface area (Å²) in [4.78, 5) is 0. The minimum Gasteiger partial charge on any atom is -0.394 e. The molecule has 0 spiro atoms. The lowest BCUT2D eigenvalue weighted by molar-refractivity contribution is -0.138. The number of benzene rings is 1. The highest BCUT2D eigenvalue weighted by Gasteiger charge is 2.36. The zero-order chi connectivity index (χ0) is 14.7. The first-order chi connectivity index (χ1) is 8.71. The number of halogens is 3. The maximum atomic E-state index is 12.9. The average Bonchev–Trinajstić information content (AvgIpc) is 2.35. The molecule has 1 aromatic rings. The van der Waals surface area contributed by atoms with E-state index in [0.717, 1.165) is 6.07 Å². The highest BCUT2D eigenvalue weighted by molar-refractivity contribution is 5.35. The summed E-state index contributed by atoms with van der Waals surface area (Å²) in [6.07, 6.45) is -4.52. The Hall–Kier alpha value is -1.58. The molecular formula is C13H15F3N2O. The molecule has 6 heteroatoms. The lowest BCUT2D eigenvalue weighted by Gasteiger charge is -2.28. The number of rotatable bonds is 4. The van der Waals surface area contributed by atoms with Crippen molar-refractivity contribution in [1.29, 1.82) is 5.26 Å². The SMILES string of the molecule is CC(C)(CO)NC(C#N)c1ccccc1C(F)(F)F. The van der Waals surface area contributed by atoms with E-state index in [1.54, 1.807) is 19.9 Å². The van der Waals surface area contributed by atoms with Crippen LogP contribution in [0, 0.1) is 11.3 Å². The standard InChI is InChI=1S/C13H15F3N2O/c1-12(2,8-19)18-11(7-17)9-5-3-4-6-10(9)13(14,15)16/h3-6,11,18-19H,8H2,1-2H3. The van der Waals surface area contributed by atoms with Crippen molar-refractivity contribution in [1.82, 2.24) is 5.32 Å². The van der Waals surface area contributed by atoms with Crippen molar-refractivity contribution in [3.8, 4) is 6.07 Å². The number of hydrogen-bond acceptors (Lipinski definition) is 3. The van der Waals surface area contributed by atoms with Crippen LogP contribution in [0.5, 0.6) is 0 Å². The van der Waals surface area contributed by atoms with E-state index < -0.39 is 23.3 Å². The molecule has 1 rings (SSSR count). The Morgan fingerprint density at radius 3 is 2.37 bits per heavy atom. The molecule has 1 unspecified atom stereocenters. The fourth-order valence-corrected chi connectivity index (χ4v) is 1.62. The van der Waals surface area contributed by atoms with Crippen molar-refractivity contribution in [2.45, 2.75) is 31.6 Å². The molecule has 3 nitrogen and oxygen atoms in total. The number of nitrogens with zero attached hydrogens (tertiary/aromatic N) is 1. The van der Waals surface area contributed by atoms with Gasteiger partial charge in [0.2, 0.25) is 0 Å². The second-order valence-electron chi connectivity index (χ2n) is 4.83. The summed E-state index contributed by atoms with van der Waals surface area (Å²) >= 11 is 0. The van der Waals surface area contributed by atoms with E-state index >= 15 is 0 Å². The molecule has 0 heterocycles. The number of nitriles is 1. The number of nitrogens with one attached hydrogen (secondary N) is 1. The molecule has 104 valence electrons. The monoisotopic (exact) mass is 272 g/mol. The Labute approximate surface area is 109 Å². The summed E-state index contributed by atoms with van der Waals surface area (Å²) < 4.78 is 38.6. The Kier molecular flexibility index (Phi) is 4.56. The summed E-state index contributed by atoms with van der Waals surface area (Å²) in [6.45, 7) is 2.92. The third-order valence-corrected chi connectivity index (χ3v) is 2.64. The lowest BCUT2D eigenvalue weighted by Crippen LogP contribution is -2.44. The van der Waals surface area contributed by atoms with E-state index in [1.165, 1.54) is 18.2 Å². The highest BCUT2D eigenvalue weighted by Crippen LogP contribution is 2.34. The van der Waals surface area contributed by atoms with Gasteiger partial charge in [0.15, 0.2) is 0 Å². The molecule has 0 aliphatic rings. The minimum absolute atomic E-state index is 0.140. The van der Waals surface area contributed by atoms with Crippen LogP contribution in [0.2, 0.25) is 0 Å². The largest absolute Gasteiger partial charge is 0.416 e. The number of alkyl halides is 3. The van der Waals surface area contributed by atoms with Crippen LogP contribution in [0.25, 0.3) is 0 Å². The first-order valence-electron chi connectivity index (χ1n) is 5.65. The van der Waals surface area contributed by atoms with Gasteiger partial charge in [-0.2, -0.15) is 18.4 Å². The van der Waals surface area contributed by atoms with Crippen LogP contribution in [0.15, 0.2) is 24.3 Å². The molecule has 1 atom stereocenters. The van der Waals surface area contributed by atoms with Gasteiger partial charge in [0.25, 0.3) is 0 Å². The molecule has 0 aromatic heterocycles. The van der Waals surface area contributed by atoms with E-state index in [-0.39, 0.29) is 12.2 Å². The molecular weight excluding hydrogens is 257 g/mol. The Morgan fingerprint density at radius 1 is 1.32 bits per heavy atom. The van der Waals surface area contributed by atoms with Gasteiger partial charge in [-0.15, -0.1) is 0 Å². The summed E-state index contributed by atoms with van der Waals surface area (Å²) in [5, 5.41) is 20.9. The fraction of sp³-hybridized carbons (Fsp3) is 0.462. The van der Waals surface area contributed by atoms with Crippen LogP contribution in [0.4, 0.5) is 13.2 Å². The highest BCUT2D eigenvalue weighted by atomic mass is 19.4. The zero-order valence-corrected chi connectivity index (χ0v) is 10.6. The van der Waals surface area contributed by atoms with Crippen LogP contribution in [0.3, 0.4) is 0 Å². The molecule has 0 aliphatic carbocycles. The first kappa shape index (κ1) is 15.5. The predicted octanol–water partition coefficient (Wildman–Crippen LogP) is 2.63. The maximum Gasteiger partial charge on any atom is 0.416 e. The van der Waals surface area contributed by atoms with Gasteiger partial charge in [-0.1, -0.05) is 18.2 Å². The van der Waals surface area contributed by atoms with Gasteiger partial charge in [-0.3, -0.25) is 5.32 Å². The van der Waals surface area contributed by atoms with Gasteiger partial charge in [0.1, 0.15) is 6.04 Å². The van der Waals surface area contributed by atoms with Crippen molar-refractivity contribution in [2.75, 3.05) is 6.61 Å². The molecule has 0 fully saturated rings. The Morgan fingerprint density at radius 2 is 1.89 bits per heavy atom. The molecule has 1 aromatic carbocycles. The molecule has 0 bridgehead atoms. The smallest absolute Gasteiger partial charge is 0.394 e. The van der Waals surface area contributed by atoms with E-state index in [0.29, 0.717) is 0 Å². The second kappa shape index (κ2) is 5.59. The van der Waals surface area contributed by atoms with Crippen molar-refractivity contribution < 1.29 is 18.3 Å². The summed E-state index contributed by atoms with van der Waals surface area (Å²) in [6, 6.07) is 5.58. The van der Waals surface area contributed by atoms with Gasteiger partial charge < -0.3 is 5.11 Å². The lowest BCUT2D eigenvalue weighted by atomic mass is 9.97. The van der Waals surface area contributed by atoms with E-state index in [2.05, 4.69) is 5.32 Å². The van der Waals surface area contributed by atoms with E-state index in [1.807, 2.05) is 0 Å². The molecule has 2 N–H and O–H groups in total. The summed E-state index contributed by atoms with van der Waals surface area (Å²) in [5.41, 5.74) is -1.83. The van der Waals surface area contributed by atoms with Gasteiger partial charge >= 0.3 is 6.18 Å². The topological polar surface area (TPSA) is 56.0 Å². The molecule has 0 saturated heterocycles. The van der Waals surface area contributed by atoms with Crippen LogP contribution in [-0.4, -0.2) is 17.3 Å². The van der Waals surface area contributed by atoms with Crippen LogP contribution in [-0.2, 0) is 6.18 Å². The summed E-state index contributed by atoms with van der Waals surface area (Å²) in [5.74, 6) is 0. The zero-order valence-electron chi connectivity index (χ0n) is 10.6. The number of aliphatic hydroxyl groups excluding tert-OH is 1. The average molecular weight is 272 g/mol. The molecule has 0 saturated carbocycles. The third kappa shape index (κ3) is 3.94. The van der Waals surface area contributed by atoms with Crippen LogP contribution in [0.1, 0.15) is 31.0 Å².